The summed E-state index contributed by atoms with van der Waals surface area (Å²) in [5, 5.41) is 0. The Morgan fingerprint density at radius 3 is 2.69 bits per heavy atom. The number of hydrogen-bond acceptors (Lipinski definition) is 5. The monoisotopic (exact) mass is 352 g/mol. The number of likely N-dealkylation sites (tertiary alicyclic amines) is 1. The molecule has 0 radical (unpaired) electrons. The van der Waals surface area contributed by atoms with Crippen LogP contribution in [0.3, 0.4) is 0 Å². The Hall–Kier alpha value is -2.60. The molecule has 6 nitrogen and oxygen atoms in total. The molecule has 0 unspecified atom stereocenters. The number of hydrogen-bond donors (Lipinski definition) is 1. The largest absolute Gasteiger partial charge is 0.497 e. The molecule has 0 amide bonds. The SMILES string of the molecule is COc1cccc(C2CCN(Cc3nc4nc(OC)ccc4[nH]3)CC2)c1. The summed E-state index contributed by atoms with van der Waals surface area (Å²) in [6.07, 6.45) is 2.30. The van der Waals surface area contributed by atoms with Gasteiger partial charge in [0, 0.05) is 6.07 Å². The smallest absolute Gasteiger partial charge is 0.215 e. The van der Waals surface area contributed by atoms with Crippen LogP contribution in [0.2, 0.25) is 0 Å². The number of ether oxygens (including phenoxy) is 2. The number of methoxy groups -OCH3 is 2. The maximum atomic E-state index is 5.35. The van der Waals surface area contributed by atoms with E-state index in [-0.39, 0.29) is 0 Å². The lowest BCUT2D eigenvalue weighted by atomic mass is 9.89. The molecule has 6 heteroatoms. The van der Waals surface area contributed by atoms with E-state index in [1.807, 2.05) is 18.2 Å². The lowest BCUT2D eigenvalue weighted by molar-refractivity contribution is 0.201. The van der Waals surface area contributed by atoms with Crippen molar-refractivity contribution in [3.8, 4) is 11.6 Å². The first-order chi connectivity index (χ1) is 12.7. The molecular weight excluding hydrogens is 328 g/mol. The average Bonchev–Trinajstić information content (AvgIpc) is 3.09. The summed E-state index contributed by atoms with van der Waals surface area (Å²) in [5.41, 5.74) is 3.04. The third-order valence-corrected chi connectivity index (χ3v) is 5.10. The van der Waals surface area contributed by atoms with Crippen LogP contribution in [0.15, 0.2) is 36.4 Å². The fourth-order valence-electron chi connectivity index (χ4n) is 3.65. The van der Waals surface area contributed by atoms with Crippen molar-refractivity contribution < 1.29 is 9.47 Å². The number of piperidine rings is 1. The molecule has 4 rings (SSSR count). The van der Waals surface area contributed by atoms with Gasteiger partial charge in [-0.25, -0.2) is 4.98 Å². The van der Waals surface area contributed by atoms with E-state index in [2.05, 4.69) is 38.1 Å². The van der Waals surface area contributed by atoms with Gasteiger partial charge in [0.1, 0.15) is 11.6 Å². The number of rotatable bonds is 5. The van der Waals surface area contributed by atoms with Crippen molar-refractivity contribution in [3.05, 3.63) is 47.8 Å². The van der Waals surface area contributed by atoms with Crippen LogP contribution in [0.25, 0.3) is 11.2 Å². The van der Waals surface area contributed by atoms with Crippen LogP contribution < -0.4 is 9.47 Å². The molecule has 1 aromatic carbocycles. The Labute approximate surface area is 153 Å². The molecule has 2 aromatic heterocycles. The van der Waals surface area contributed by atoms with Gasteiger partial charge in [-0.05, 0) is 55.6 Å². The van der Waals surface area contributed by atoms with E-state index < -0.39 is 0 Å². The molecule has 0 spiro atoms. The van der Waals surface area contributed by atoms with E-state index in [1.165, 1.54) is 5.56 Å². The second-order valence-electron chi connectivity index (χ2n) is 6.74. The highest BCUT2D eigenvalue weighted by atomic mass is 16.5. The van der Waals surface area contributed by atoms with Crippen LogP contribution >= 0.6 is 0 Å². The van der Waals surface area contributed by atoms with E-state index in [1.54, 1.807) is 14.2 Å². The van der Waals surface area contributed by atoms with Gasteiger partial charge in [0.15, 0.2) is 5.65 Å². The van der Waals surface area contributed by atoms with Crippen molar-refractivity contribution in [2.24, 2.45) is 0 Å². The first kappa shape index (κ1) is 16.8. The average molecular weight is 352 g/mol. The van der Waals surface area contributed by atoms with E-state index >= 15 is 0 Å². The third-order valence-electron chi connectivity index (χ3n) is 5.10. The van der Waals surface area contributed by atoms with Crippen LogP contribution in [-0.4, -0.2) is 47.2 Å². The normalized spacial score (nSPS) is 16.1. The minimum atomic E-state index is 0.592. The van der Waals surface area contributed by atoms with Gasteiger partial charge >= 0.3 is 0 Å². The number of aromatic nitrogens is 3. The number of fused-ring (bicyclic) bond motifs is 1. The highest BCUT2D eigenvalue weighted by Crippen LogP contribution is 2.30. The van der Waals surface area contributed by atoms with E-state index in [0.29, 0.717) is 17.4 Å². The molecule has 1 aliphatic rings. The van der Waals surface area contributed by atoms with E-state index in [4.69, 9.17) is 9.47 Å². The van der Waals surface area contributed by atoms with Gasteiger partial charge < -0.3 is 14.5 Å². The van der Waals surface area contributed by atoms with Crippen molar-refractivity contribution in [1.82, 2.24) is 19.9 Å². The highest BCUT2D eigenvalue weighted by Gasteiger charge is 2.21. The predicted octanol–water partition coefficient (Wildman–Crippen LogP) is 3.35. The minimum Gasteiger partial charge on any atom is -0.497 e. The number of benzene rings is 1. The molecule has 0 atom stereocenters. The van der Waals surface area contributed by atoms with E-state index in [0.717, 1.165) is 49.6 Å². The zero-order valence-electron chi connectivity index (χ0n) is 15.2. The van der Waals surface area contributed by atoms with Gasteiger partial charge in [-0.15, -0.1) is 0 Å². The first-order valence-electron chi connectivity index (χ1n) is 9.01. The second-order valence-corrected chi connectivity index (χ2v) is 6.74. The van der Waals surface area contributed by atoms with Gasteiger partial charge in [-0.1, -0.05) is 12.1 Å². The van der Waals surface area contributed by atoms with Gasteiger partial charge in [0.05, 0.1) is 26.3 Å². The van der Waals surface area contributed by atoms with Crippen molar-refractivity contribution in [1.29, 1.82) is 0 Å². The van der Waals surface area contributed by atoms with Crippen LogP contribution in [0.4, 0.5) is 0 Å². The van der Waals surface area contributed by atoms with Crippen LogP contribution in [0.5, 0.6) is 11.6 Å². The molecule has 26 heavy (non-hydrogen) atoms. The molecular formula is C20H24N4O2. The van der Waals surface area contributed by atoms with Gasteiger partial charge in [0.25, 0.3) is 0 Å². The molecule has 0 bridgehead atoms. The number of pyridine rings is 1. The zero-order valence-corrected chi connectivity index (χ0v) is 15.2. The maximum absolute atomic E-state index is 5.35. The summed E-state index contributed by atoms with van der Waals surface area (Å²) in [4.78, 5) is 14.8. The maximum Gasteiger partial charge on any atom is 0.215 e. The molecule has 3 heterocycles. The lowest BCUT2D eigenvalue weighted by Crippen LogP contribution is -2.32. The standard InChI is InChI=1S/C20H24N4O2/c1-25-16-5-3-4-15(12-16)14-8-10-24(11-9-14)13-18-21-17-6-7-19(26-2)23-20(17)22-18/h3-7,12,14H,8-11,13H2,1-2H3,(H,21,22,23). The Morgan fingerprint density at radius 1 is 1.08 bits per heavy atom. The fraction of sp³-hybridized carbons (Fsp3) is 0.400. The van der Waals surface area contributed by atoms with Crippen molar-refractivity contribution in [2.45, 2.75) is 25.3 Å². The lowest BCUT2D eigenvalue weighted by Gasteiger charge is -2.31. The van der Waals surface area contributed by atoms with E-state index in [9.17, 15) is 0 Å². The Balaban J connectivity index is 1.39. The molecule has 1 saturated heterocycles. The topological polar surface area (TPSA) is 63.3 Å². The summed E-state index contributed by atoms with van der Waals surface area (Å²) >= 11 is 0. The number of imidazole rings is 1. The molecule has 136 valence electrons. The predicted molar refractivity (Wildman–Crippen MR) is 101 cm³/mol. The molecule has 3 aromatic rings. The van der Waals surface area contributed by atoms with Crippen LogP contribution in [0.1, 0.15) is 30.1 Å². The molecule has 0 saturated carbocycles. The summed E-state index contributed by atoms with van der Waals surface area (Å²) < 4.78 is 10.5. The van der Waals surface area contributed by atoms with Crippen molar-refractivity contribution >= 4 is 11.2 Å². The second kappa shape index (κ2) is 7.33. The highest BCUT2D eigenvalue weighted by molar-refractivity contribution is 5.71. The van der Waals surface area contributed by atoms with Gasteiger partial charge in [0.2, 0.25) is 5.88 Å². The number of aromatic amines is 1. The van der Waals surface area contributed by atoms with Crippen molar-refractivity contribution in [3.63, 3.8) is 0 Å². The number of nitrogens with one attached hydrogen (secondary N) is 1. The molecule has 1 N–H and O–H groups in total. The first-order valence-corrected chi connectivity index (χ1v) is 9.01. The van der Waals surface area contributed by atoms with Gasteiger partial charge in [-0.3, -0.25) is 4.90 Å². The molecule has 0 aliphatic carbocycles. The zero-order chi connectivity index (χ0) is 17.9. The summed E-state index contributed by atoms with van der Waals surface area (Å²) in [7, 11) is 3.34. The summed E-state index contributed by atoms with van der Waals surface area (Å²) in [6.45, 7) is 2.95. The summed E-state index contributed by atoms with van der Waals surface area (Å²) in [6, 6.07) is 12.3. The summed E-state index contributed by atoms with van der Waals surface area (Å²) in [5.74, 6) is 3.09. The minimum absolute atomic E-state index is 0.592. The fourth-order valence-corrected chi connectivity index (χ4v) is 3.65. The molecule has 1 aliphatic heterocycles. The Kier molecular flexibility index (Phi) is 4.75. The Bertz CT molecular complexity index is 884. The van der Waals surface area contributed by atoms with Crippen LogP contribution in [0, 0.1) is 0 Å². The number of nitrogens with zero attached hydrogens (tertiary/aromatic N) is 3. The van der Waals surface area contributed by atoms with Crippen molar-refractivity contribution in [2.75, 3.05) is 27.3 Å². The quantitative estimate of drug-likeness (QED) is 0.763. The third kappa shape index (κ3) is 3.51. The van der Waals surface area contributed by atoms with Gasteiger partial charge in [-0.2, -0.15) is 4.98 Å². The Morgan fingerprint density at radius 2 is 1.92 bits per heavy atom. The number of H-pyrrole nitrogens is 1. The van der Waals surface area contributed by atoms with Crippen LogP contribution in [-0.2, 0) is 6.54 Å². The molecule has 1 fully saturated rings.